The van der Waals surface area contributed by atoms with E-state index in [1.54, 1.807) is 33.5 Å². The summed E-state index contributed by atoms with van der Waals surface area (Å²) in [7, 11) is 4.90. The minimum absolute atomic E-state index is 0.0957. The van der Waals surface area contributed by atoms with Gasteiger partial charge in [0.25, 0.3) is 11.5 Å². The van der Waals surface area contributed by atoms with Crippen LogP contribution in [0.5, 0.6) is 11.5 Å². The lowest BCUT2D eigenvalue weighted by molar-refractivity contribution is 0.0733. The number of carbonyl (C=O) groups excluding carboxylic acids is 1. The second kappa shape index (κ2) is 7.01. The molecular weight excluding hydrogens is 320 g/mol. The van der Waals surface area contributed by atoms with E-state index in [0.717, 1.165) is 29.9 Å². The van der Waals surface area contributed by atoms with Gasteiger partial charge in [0.05, 0.1) is 20.3 Å². The Morgan fingerprint density at radius 3 is 2.64 bits per heavy atom. The maximum absolute atomic E-state index is 13.0. The summed E-state index contributed by atoms with van der Waals surface area (Å²) in [6.45, 7) is 0.652. The molecule has 1 atom stereocenters. The summed E-state index contributed by atoms with van der Waals surface area (Å²) in [4.78, 5) is 26.6. The van der Waals surface area contributed by atoms with E-state index in [1.165, 1.54) is 10.6 Å². The van der Waals surface area contributed by atoms with Crippen LogP contribution in [0.4, 0.5) is 0 Å². The van der Waals surface area contributed by atoms with Crippen LogP contribution >= 0.6 is 0 Å². The normalized spacial score (nSPS) is 16.8. The molecule has 0 N–H and O–H groups in total. The lowest BCUT2D eigenvalue weighted by atomic mass is 10.0. The Morgan fingerprint density at radius 1 is 1.16 bits per heavy atom. The summed E-state index contributed by atoms with van der Waals surface area (Å²) >= 11 is 0. The second-order valence-electron chi connectivity index (χ2n) is 6.13. The largest absolute Gasteiger partial charge is 0.497 e. The van der Waals surface area contributed by atoms with Gasteiger partial charge in [0.1, 0.15) is 11.5 Å². The summed E-state index contributed by atoms with van der Waals surface area (Å²) in [5.41, 5.74) is 1.15. The fourth-order valence-corrected chi connectivity index (χ4v) is 3.28. The highest BCUT2D eigenvalue weighted by Gasteiger charge is 2.32. The number of methoxy groups -OCH3 is 2. The number of pyridine rings is 1. The van der Waals surface area contributed by atoms with Crippen molar-refractivity contribution in [3.63, 3.8) is 0 Å². The van der Waals surface area contributed by atoms with Gasteiger partial charge in [-0.05, 0) is 37.1 Å². The van der Waals surface area contributed by atoms with Crippen LogP contribution in [0.2, 0.25) is 0 Å². The molecule has 0 bridgehead atoms. The van der Waals surface area contributed by atoms with E-state index in [4.69, 9.17) is 9.47 Å². The van der Waals surface area contributed by atoms with Gasteiger partial charge >= 0.3 is 0 Å². The maximum Gasteiger partial charge on any atom is 0.254 e. The topological polar surface area (TPSA) is 60.8 Å². The molecule has 1 aromatic heterocycles. The predicted molar refractivity (Wildman–Crippen MR) is 94.2 cm³/mol. The van der Waals surface area contributed by atoms with Crippen LogP contribution in [0.25, 0.3) is 0 Å². The molecule has 1 aromatic carbocycles. The average molecular weight is 342 g/mol. The third kappa shape index (κ3) is 3.24. The Kier molecular flexibility index (Phi) is 4.79. The quantitative estimate of drug-likeness (QED) is 0.856. The molecule has 1 aliphatic rings. The van der Waals surface area contributed by atoms with Crippen LogP contribution in [-0.2, 0) is 7.05 Å². The van der Waals surface area contributed by atoms with Gasteiger partial charge in [0, 0.05) is 37.0 Å². The zero-order valence-corrected chi connectivity index (χ0v) is 14.7. The van der Waals surface area contributed by atoms with Crippen molar-refractivity contribution in [2.75, 3.05) is 20.8 Å². The van der Waals surface area contributed by atoms with Gasteiger partial charge in [0.15, 0.2) is 0 Å². The Labute approximate surface area is 146 Å². The summed E-state index contributed by atoms with van der Waals surface area (Å²) in [5.74, 6) is 1.32. The predicted octanol–water partition coefficient (Wildman–Crippen LogP) is 2.38. The van der Waals surface area contributed by atoms with Crippen LogP contribution in [0.3, 0.4) is 0 Å². The minimum Gasteiger partial charge on any atom is -0.497 e. The number of likely N-dealkylation sites (tertiary alicyclic amines) is 1. The Balaban J connectivity index is 1.96. The zero-order valence-electron chi connectivity index (χ0n) is 14.7. The first kappa shape index (κ1) is 17.1. The van der Waals surface area contributed by atoms with Crippen LogP contribution in [-0.4, -0.2) is 36.1 Å². The summed E-state index contributed by atoms with van der Waals surface area (Å²) in [6.07, 6.45) is 3.37. The molecular formula is C19H22N2O4. The first-order valence-corrected chi connectivity index (χ1v) is 8.24. The zero-order chi connectivity index (χ0) is 18.0. The minimum atomic E-state index is -0.194. The molecule has 3 rings (SSSR count). The molecule has 0 saturated carbocycles. The first-order chi connectivity index (χ1) is 12.0. The van der Waals surface area contributed by atoms with E-state index < -0.39 is 0 Å². The average Bonchev–Trinajstić information content (AvgIpc) is 3.12. The highest BCUT2D eigenvalue weighted by molar-refractivity contribution is 5.94. The Hall–Kier alpha value is -2.76. The van der Waals surface area contributed by atoms with Gasteiger partial charge in [-0.3, -0.25) is 9.59 Å². The van der Waals surface area contributed by atoms with Crippen molar-refractivity contribution in [1.29, 1.82) is 0 Å². The molecule has 2 aromatic rings. The van der Waals surface area contributed by atoms with E-state index >= 15 is 0 Å². The van der Waals surface area contributed by atoms with E-state index in [0.29, 0.717) is 12.1 Å². The van der Waals surface area contributed by atoms with Gasteiger partial charge in [0.2, 0.25) is 0 Å². The van der Waals surface area contributed by atoms with Gasteiger partial charge in [-0.1, -0.05) is 0 Å². The second-order valence-corrected chi connectivity index (χ2v) is 6.13. The fraction of sp³-hybridized carbons (Fsp3) is 0.368. The standard InChI is InChI=1S/C19H22N2O4/c1-20-10-8-13(11-18(20)22)19(23)21-9-4-5-16(21)15-12-14(24-2)6-7-17(15)25-3/h6-8,10-12,16H,4-5,9H2,1-3H3/t16-/m1/s1. The molecule has 6 nitrogen and oxygen atoms in total. The highest BCUT2D eigenvalue weighted by atomic mass is 16.5. The smallest absolute Gasteiger partial charge is 0.254 e. The molecule has 1 amide bonds. The van der Waals surface area contributed by atoms with Crippen molar-refractivity contribution in [1.82, 2.24) is 9.47 Å². The van der Waals surface area contributed by atoms with Gasteiger partial charge in [-0.15, -0.1) is 0 Å². The van der Waals surface area contributed by atoms with Crippen molar-refractivity contribution >= 4 is 5.91 Å². The van der Waals surface area contributed by atoms with Crippen molar-refractivity contribution < 1.29 is 14.3 Å². The van der Waals surface area contributed by atoms with Crippen LogP contribution < -0.4 is 15.0 Å². The number of amides is 1. The van der Waals surface area contributed by atoms with Crippen LogP contribution in [0.15, 0.2) is 41.3 Å². The van der Waals surface area contributed by atoms with Crippen LogP contribution in [0.1, 0.15) is 34.8 Å². The molecule has 0 unspecified atom stereocenters. The highest BCUT2D eigenvalue weighted by Crippen LogP contribution is 2.39. The van der Waals surface area contributed by atoms with Crippen LogP contribution in [0, 0.1) is 0 Å². The lowest BCUT2D eigenvalue weighted by Crippen LogP contribution is -2.32. The molecule has 1 fully saturated rings. The monoisotopic (exact) mass is 342 g/mol. The van der Waals surface area contributed by atoms with Crippen molar-refractivity contribution in [3.8, 4) is 11.5 Å². The number of aryl methyl sites for hydroxylation is 1. The molecule has 1 aliphatic heterocycles. The van der Waals surface area contributed by atoms with E-state index in [1.807, 2.05) is 23.1 Å². The summed E-state index contributed by atoms with van der Waals surface area (Å²) in [6, 6.07) is 8.58. The van der Waals surface area contributed by atoms with Gasteiger partial charge in [-0.2, -0.15) is 0 Å². The molecule has 2 heterocycles. The number of aromatic nitrogens is 1. The number of carbonyl (C=O) groups is 1. The van der Waals surface area contributed by atoms with E-state index in [2.05, 4.69) is 0 Å². The molecule has 1 saturated heterocycles. The number of hydrogen-bond donors (Lipinski definition) is 0. The van der Waals surface area contributed by atoms with E-state index in [9.17, 15) is 9.59 Å². The Morgan fingerprint density at radius 2 is 1.96 bits per heavy atom. The number of rotatable bonds is 4. The molecule has 6 heteroatoms. The number of benzene rings is 1. The van der Waals surface area contributed by atoms with Crippen molar-refractivity contribution in [2.45, 2.75) is 18.9 Å². The molecule has 25 heavy (non-hydrogen) atoms. The summed E-state index contributed by atoms with van der Waals surface area (Å²) < 4.78 is 12.2. The summed E-state index contributed by atoms with van der Waals surface area (Å²) in [5, 5.41) is 0. The SMILES string of the molecule is COc1ccc(OC)c([C@H]2CCCN2C(=O)c2ccn(C)c(=O)c2)c1. The van der Waals surface area contributed by atoms with E-state index in [-0.39, 0.29) is 17.5 Å². The third-order valence-electron chi connectivity index (χ3n) is 4.66. The number of nitrogens with zero attached hydrogens (tertiary/aromatic N) is 2. The van der Waals surface area contributed by atoms with Gasteiger partial charge < -0.3 is 18.9 Å². The first-order valence-electron chi connectivity index (χ1n) is 8.24. The molecule has 132 valence electrons. The lowest BCUT2D eigenvalue weighted by Gasteiger charge is -2.26. The molecule has 0 spiro atoms. The Bertz CT molecular complexity index is 844. The van der Waals surface area contributed by atoms with Crippen molar-refractivity contribution in [3.05, 3.63) is 58.0 Å². The number of hydrogen-bond acceptors (Lipinski definition) is 4. The fourth-order valence-electron chi connectivity index (χ4n) is 3.28. The molecule has 0 aliphatic carbocycles. The van der Waals surface area contributed by atoms with Crippen molar-refractivity contribution in [2.24, 2.45) is 7.05 Å². The third-order valence-corrected chi connectivity index (χ3v) is 4.66. The molecule has 0 radical (unpaired) electrons. The number of ether oxygens (including phenoxy) is 2. The van der Waals surface area contributed by atoms with Gasteiger partial charge in [-0.25, -0.2) is 0 Å². The maximum atomic E-state index is 13.0.